The molecule has 0 aliphatic rings. The van der Waals surface area contributed by atoms with Crippen LogP contribution in [0.25, 0.3) is 10.9 Å². The Hall–Kier alpha value is -2.53. The van der Waals surface area contributed by atoms with Gasteiger partial charge in [0.2, 0.25) is 0 Å². The number of ether oxygens (including phenoxy) is 1. The molecule has 3 aromatic rings. The van der Waals surface area contributed by atoms with E-state index in [1.807, 2.05) is 18.2 Å². The van der Waals surface area contributed by atoms with E-state index in [2.05, 4.69) is 34.3 Å². The minimum Gasteiger partial charge on any atom is -0.377 e. The molecule has 0 saturated heterocycles. The minimum absolute atomic E-state index is 0.328. The highest BCUT2D eigenvalue weighted by atomic mass is 19.1. The van der Waals surface area contributed by atoms with Crippen molar-refractivity contribution >= 4 is 16.7 Å². The van der Waals surface area contributed by atoms with E-state index in [9.17, 15) is 4.39 Å². The lowest BCUT2D eigenvalue weighted by Gasteiger charge is -2.12. The smallest absolute Gasteiger partial charge is 0.149 e. The molecule has 0 saturated carbocycles. The molecular formula is C19H20FN3O. The van der Waals surface area contributed by atoms with Crippen molar-refractivity contribution in [3.63, 3.8) is 0 Å². The van der Waals surface area contributed by atoms with Crippen molar-refractivity contribution in [3.8, 4) is 0 Å². The summed E-state index contributed by atoms with van der Waals surface area (Å²) < 4.78 is 19.5. The van der Waals surface area contributed by atoms with E-state index in [4.69, 9.17) is 4.74 Å². The van der Waals surface area contributed by atoms with Gasteiger partial charge in [0.15, 0.2) is 0 Å². The molecule has 0 aliphatic heterocycles. The van der Waals surface area contributed by atoms with Gasteiger partial charge in [-0.15, -0.1) is 0 Å². The van der Waals surface area contributed by atoms with E-state index in [1.165, 1.54) is 12.4 Å². The summed E-state index contributed by atoms with van der Waals surface area (Å²) >= 11 is 0. The van der Waals surface area contributed by atoms with Gasteiger partial charge in [0.25, 0.3) is 0 Å². The molecule has 2 aromatic carbocycles. The van der Waals surface area contributed by atoms with Crippen LogP contribution >= 0.6 is 0 Å². The summed E-state index contributed by atoms with van der Waals surface area (Å²) in [5.41, 5.74) is 2.61. The average molecular weight is 325 g/mol. The molecule has 1 N–H and O–H groups in total. The Balaban J connectivity index is 1.78. The number of fused-ring (bicyclic) bond motifs is 1. The summed E-state index contributed by atoms with van der Waals surface area (Å²) in [6, 6.07) is 13.0. The highest BCUT2D eigenvalue weighted by Gasteiger charge is 2.08. The number of nitrogens with one attached hydrogen (secondary N) is 1. The maximum atomic E-state index is 13.8. The minimum atomic E-state index is -0.341. The van der Waals surface area contributed by atoms with Crippen LogP contribution in [0, 0.1) is 5.82 Å². The van der Waals surface area contributed by atoms with Crippen LogP contribution in [0.4, 0.5) is 10.2 Å². The topological polar surface area (TPSA) is 47.0 Å². The van der Waals surface area contributed by atoms with Crippen molar-refractivity contribution in [1.82, 2.24) is 9.97 Å². The lowest BCUT2D eigenvalue weighted by molar-refractivity contribution is 0.121. The van der Waals surface area contributed by atoms with Gasteiger partial charge in [0, 0.05) is 18.5 Å². The second-order valence-corrected chi connectivity index (χ2v) is 5.53. The first-order valence-electron chi connectivity index (χ1n) is 8.07. The average Bonchev–Trinajstić information content (AvgIpc) is 2.61. The molecule has 0 radical (unpaired) electrons. The molecule has 4 nitrogen and oxygen atoms in total. The van der Waals surface area contributed by atoms with Crippen molar-refractivity contribution in [2.24, 2.45) is 0 Å². The Kier molecular flexibility index (Phi) is 5.33. The van der Waals surface area contributed by atoms with Gasteiger partial charge in [-0.1, -0.05) is 37.3 Å². The quantitative estimate of drug-likeness (QED) is 0.658. The van der Waals surface area contributed by atoms with Crippen LogP contribution in [0.2, 0.25) is 0 Å². The van der Waals surface area contributed by atoms with Crippen molar-refractivity contribution in [2.45, 2.75) is 26.5 Å². The van der Waals surface area contributed by atoms with E-state index in [0.717, 1.165) is 24.2 Å². The summed E-state index contributed by atoms with van der Waals surface area (Å²) in [7, 11) is 0. The van der Waals surface area contributed by atoms with Crippen LogP contribution in [0.5, 0.6) is 0 Å². The maximum absolute atomic E-state index is 13.8. The number of anilines is 1. The molecule has 1 heterocycles. The first-order chi connectivity index (χ1) is 11.8. The first-order valence-corrected chi connectivity index (χ1v) is 8.07. The van der Waals surface area contributed by atoms with Crippen molar-refractivity contribution in [2.75, 3.05) is 11.9 Å². The van der Waals surface area contributed by atoms with Gasteiger partial charge in [-0.3, -0.25) is 0 Å². The Bertz CT molecular complexity index is 823. The van der Waals surface area contributed by atoms with Crippen LogP contribution in [0.3, 0.4) is 0 Å². The first kappa shape index (κ1) is 16.3. The molecule has 0 atom stereocenters. The number of aromatic nitrogens is 2. The van der Waals surface area contributed by atoms with Gasteiger partial charge in [0.1, 0.15) is 23.5 Å². The molecule has 0 bridgehead atoms. The Morgan fingerprint density at radius 2 is 1.88 bits per heavy atom. The fourth-order valence-corrected chi connectivity index (χ4v) is 2.57. The maximum Gasteiger partial charge on any atom is 0.149 e. The van der Waals surface area contributed by atoms with Gasteiger partial charge < -0.3 is 10.1 Å². The van der Waals surface area contributed by atoms with Gasteiger partial charge in [-0.25, -0.2) is 14.4 Å². The molecule has 0 aliphatic carbocycles. The number of hydrogen-bond acceptors (Lipinski definition) is 4. The fourth-order valence-electron chi connectivity index (χ4n) is 2.57. The number of rotatable bonds is 7. The number of nitrogens with zero attached hydrogens (tertiary/aromatic N) is 2. The number of hydrogen-bond donors (Lipinski definition) is 1. The lowest BCUT2D eigenvalue weighted by atomic mass is 10.1. The predicted octanol–water partition coefficient (Wildman–Crippen LogP) is 4.31. The van der Waals surface area contributed by atoms with Crippen molar-refractivity contribution in [3.05, 3.63) is 65.7 Å². The van der Waals surface area contributed by atoms with Gasteiger partial charge >= 0.3 is 0 Å². The van der Waals surface area contributed by atoms with E-state index >= 15 is 0 Å². The largest absolute Gasteiger partial charge is 0.377 e. The van der Waals surface area contributed by atoms with Crippen molar-refractivity contribution in [1.29, 1.82) is 0 Å². The molecule has 0 spiro atoms. The van der Waals surface area contributed by atoms with Crippen molar-refractivity contribution < 1.29 is 9.13 Å². The van der Waals surface area contributed by atoms with E-state index < -0.39 is 0 Å². The van der Waals surface area contributed by atoms with E-state index in [-0.39, 0.29) is 5.82 Å². The van der Waals surface area contributed by atoms with Crippen LogP contribution in [-0.4, -0.2) is 16.6 Å². The standard InChI is InChI=1S/C19H20FN3O/c1-2-10-24-12-15-7-4-3-6-14(15)11-21-19-16-8-5-9-17(20)18(16)22-13-23-19/h3-9,13H,2,10-12H2,1H3,(H,21,22,23). The Morgan fingerprint density at radius 3 is 2.71 bits per heavy atom. The van der Waals surface area contributed by atoms with Crippen LogP contribution < -0.4 is 5.32 Å². The fraction of sp³-hybridized carbons (Fsp3) is 0.263. The number of para-hydroxylation sites is 1. The zero-order chi connectivity index (χ0) is 16.8. The SMILES string of the molecule is CCCOCc1ccccc1CNc1ncnc2c(F)cccc12. The van der Waals surface area contributed by atoms with E-state index in [0.29, 0.717) is 29.9 Å². The highest BCUT2D eigenvalue weighted by molar-refractivity contribution is 5.89. The van der Waals surface area contributed by atoms with Gasteiger partial charge in [-0.05, 0) is 29.7 Å². The number of benzene rings is 2. The molecular weight excluding hydrogens is 305 g/mol. The zero-order valence-corrected chi connectivity index (χ0v) is 13.6. The second kappa shape index (κ2) is 7.84. The third kappa shape index (κ3) is 3.68. The van der Waals surface area contributed by atoms with Crippen LogP contribution in [0.1, 0.15) is 24.5 Å². The lowest BCUT2D eigenvalue weighted by Crippen LogP contribution is -2.06. The van der Waals surface area contributed by atoms with Crippen LogP contribution in [-0.2, 0) is 17.9 Å². The monoisotopic (exact) mass is 325 g/mol. The highest BCUT2D eigenvalue weighted by Crippen LogP contribution is 2.22. The summed E-state index contributed by atoms with van der Waals surface area (Å²) in [4.78, 5) is 8.27. The summed E-state index contributed by atoms with van der Waals surface area (Å²) in [5.74, 6) is 0.287. The summed E-state index contributed by atoms with van der Waals surface area (Å²) in [5, 5.41) is 3.97. The molecule has 1 aromatic heterocycles. The Labute approximate surface area is 140 Å². The Morgan fingerprint density at radius 1 is 1.04 bits per heavy atom. The zero-order valence-electron chi connectivity index (χ0n) is 13.6. The van der Waals surface area contributed by atoms with Crippen LogP contribution in [0.15, 0.2) is 48.8 Å². The molecule has 24 heavy (non-hydrogen) atoms. The van der Waals surface area contributed by atoms with Gasteiger partial charge in [-0.2, -0.15) is 0 Å². The molecule has 5 heteroatoms. The molecule has 0 fully saturated rings. The second-order valence-electron chi connectivity index (χ2n) is 5.53. The molecule has 0 unspecified atom stereocenters. The van der Waals surface area contributed by atoms with Gasteiger partial charge in [0.05, 0.1) is 6.61 Å². The molecule has 0 amide bonds. The number of halogens is 1. The van der Waals surface area contributed by atoms with E-state index in [1.54, 1.807) is 6.07 Å². The molecule has 124 valence electrons. The summed E-state index contributed by atoms with van der Waals surface area (Å²) in [6.07, 6.45) is 2.38. The third-order valence-corrected chi connectivity index (χ3v) is 3.79. The molecule has 3 rings (SSSR count). The third-order valence-electron chi connectivity index (χ3n) is 3.79. The summed E-state index contributed by atoms with van der Waals surface area (Å²) in [6.45, 7) is 4.02. The predicted molar refractivity (Wildman–Crippen MR) is 93.2 cm³/mol. The normalized spacial score (nSPS) is 10.9.